The second-order valence-corrected chi connectivity index (χ2v) is 8.46. The van der Waals surface area contributed by atoms with Crippen molar-refractivity contribution in [3.63, 3.8) is 0 Å². The predicted molar refractivity (Wildman–Crippen MR) is 127 cm³/mol. The molecule has 1 fully saturated rings. The van der Waals surface area contributed by atoms with Gasteiger partial charge in [-0.05, 0) is 50.9 Å². The maximum Gasteiger partial charge on any atom is 0.251 e. The monoisotopic (exact) mass is 437 g/mol. The van der Waals surface area contributed by atoms with E-state index in [1.165, 1.54) is 24.1 Å². The van der Waals surface area contributed by atoms with Crippen LogP contribution in [0.5, 0.6) is 0 Å². The van der Waals surface area contributed by atoms with E-state index in [9.17, 15) is 4.79 Å². The predicted octanol–water partition coefficient (Wildman–Crippen LogP) is 2.93. The average Bonchev–Trinajstić information content (AvgIpc) is 2.86. The van der Waals surface area contributed by atoms with E-state index in [1.807, 2.05) is 24.3 Å². The number of anilines is 1. The van der Waals surface area contributed by atoms with Gasteiger partial charge in [0, 0.05) is 48.6 Å². The lowest BCUT2D eigenvalue weighted by atomic mass is 9.92. The van der Waals surface area contributed by atoms with Gasteiger partial charge in [0.25, 0.3) is 5.91 Å². The van der Waals surface area contributed by atoms with Crippen molar-refractivity contribution in [3.05, 3.63) is 41.1 Å². The van der Waals surface area contributed by atoms with Crippen LogP contribution in [0.2, 0.25) is 0 Å². The summed E-state index contributed by atoms with van der Waals surface area (Å²) in [7, 11) is 0. The van der Waals surface area contributed by atoms with Crippen LogP contribution in [-0.2, 0) is 17.6 Å². The van der Waals surface area contributed by atoms with E-state index in [0.29, 0.717) is 25.3 Å². The topological polar surface area (TPSA) is 70.6 Å². The molecule has 0 unspecified atom stereocenters. The fraction of sp³-hybridized carbons (Fsp3) is 0.560. The van der Waals surface area contributed by atoms with Crippen LogP contribution in [0.1, 0.15) is 48.3 Å². The maximum atomic E-state index is 12.6. The Labute approximate surface area is 191 Å². The lowest BCUT2D eigenvalue weighted by Gasteiger charge is -2.29. The number of likely N-dealkylation sites (N-methyl/N-ethyl adjacent to an activating group) is 1. The zero-order chi connectivity index (χ0) is 22.3. The van der Waals surface area contributed by atoms with Crippen LogP contribution in [0.25, 0.3) is 11.3 Å². The average molecular weight is 438 g/mol. The van der Waals surface area contributed by atoms with E-state index < -0.39 is 0 Å². The van der Waals surface area contributed by atoms with Crippen LogP contribution in [0.3, 0.4) is 0 Å². The van der Waals surface area contributed by atoms with Crippen molar-refractivity contribution in [2.45, 2.75) is 39.5 Å². The molecule has 0 bridgehead atoms. The highest BCUT2D eigenvalue weighted by atomic mass is 16.5. The van der Waals surface area contributed by atoms with E-state index in [2.05, 4.69) is 29.0 Å². The van der Waals surface area contributed by atoms with Crippen LogP contribution in [0.4, 0.5) is 5.95 Å². The van der Waals surface area contributed by atoms with Crippen molar-refractivity contribution in [2.24, 2.45) is 0 Å². The fourth-order valence-corrected chi connectivity index (χ4v) is 4.47. The molecule has 1 amide bonds. The number of fused-ring (bicyclic) bond motifs is 1. The third-order valence-corrected chi connectivity index (χ3v) is 6.49. The summed E-state index contributed by atoms with van der Waals surface area (Å²) in [6.45, 7) is 10.9. The summed E-state index contributed by atoms with van der Waals surface area (Å²) in [5, 5.41) is 3.03. The Kier molecular flexibility index (Phi) is 7.71. The fourth-order valence-electron chi connectivity index (χ4n) is 4.47. The molecule has 7 nitrogen and oxygen atoms in total. The van der Waals surface area contributed by atoms with Gasteiger partial charge in [-0.15, -0.1) is 0 Å². The molecule has 0 spiro atoms. The molecule has 1 aromatic carbocycles. The van der Waals surface area contributed by atoms with Crippen molar-refractivity contribution < 1.29 is 9.53 Å². The molecule has 32 heavy (non-hydrogen) atoms. The molecule has 1 aliphatic carbocycles. The smallest absolute Gasteiger partial charge is 0.251 e. The maximum absolute atomic E-state index is 12.6. The second-order valence-electron chi connectivity index (χ2n) is 8.46. The van der Waals surface area contributed by atoms with E-state index in [-0.39, 0.29) is 5.91 Å². The lowest BCUT2D eigenvalue weighted by molar-refractivity contribution is 0.0949. The number of ether oxygens (including phenoxy) is 1. The molecule has 0 radical (unpaired) electrons. The Bertz CT molecular complexity index is 905. The van der Waals surface area contributed by atoms with Gasteiger partial charge in [0.1, 0.15) is 0 Å². The van der Waals surface area contributed by atoms with Gasteiger partial charge in [-0.1, -0.05) is 26.0 Å². The number of amides is 1. The number of hydrogen-bond acceptors (Lipinski definition) is 6. The van der Waals surface area contributed by atoms with E-state index >= 15 is 0 Å². The Balaban J connectivity index is 1.52. The first-order valence-electron chi connectivity index (χ1n) is 12.0. The molecular formula is C25H35N5O2. The number of aromatic nitrogens is 2. The number of nitrogens with one attached hydrogen (secondary N) is 1. The first-order valence-corrected chi connectivity index (χ1v) is 12.0. The molecule has 2 aliphatic rings. The summed E-state index contributed by atoms with van der Waals surface area (Å²) >= 11 is 0. The number of carbonyl (C=O) groups excluding carboxylic acids is 1. The number of hydrogen-bond donors (Lipinski definition) is 1. The molecule has 2 heterocycles. The van der Waals surface area contributed by atoms with Crippen LogP contribution >= 0.6 is 0 Å². The highest BCUT2D eigenvalue weighted by molar-refractivity contribution is 5.94. The molecule has 2 aromatic rings. The summed E-state index contributed by atoms with van der Waals surface area (Å²) in [6.07, 6.45) is 4.38. The van der Waals surface area contributed by atoms with Gasteiger partial charge < -0.3 is 19.9 Å². The van der Waals surface area contributed by atoms with Crippen LogP contribution in [-0.4, -0.2) is 73.3 Å². The highest BCUT2D eigenvalue weighted by Gasteiger charge is 2.22. The largest absolute Gasteiger partial charge is 0.378 e. The van der Waals surface area contributed by atoms with E-state index in [4.69, 9.17) is 14.7 Å². The molecular weight excluding hydrogens is 402 g/mol. The SMILES string of the molecule is CCN(CC)CCNC(=O)c1ccc(-c2nc(N3CCOCC3)nc3c2CCCC3)cc1. The number of benzene rings is 1. The van der Waals surface area contributed by atoms with Gasteiger partial charge in [-0.25, -0.2) is 9.97 Å². The van der Waals surface area contributed by atoms with E-state index in [0.717, 1.165) is 62.8 Å². The first-order chi connectivity index (χ1) is 15.7. The van der Waals surface area contributed by atoms with Gasteiger partial charge in [-0.2, -0.15) is 0 Å². The molecule has 7 heteroatoms. The normalized spacial score (nSPS) is 16.2. The summed E-state index contributed by atoms with van der Waals surface area (Å²) in [5.74, 6) is 0.782. The molecule has 172 valence electrons. The Morgan fingerprint density at radius 3 is 2.50 bits per heavy atom. The van der Waals surface area contributed by atoms with Crippen molar-refractivity contribution in [1.29, 1.82) is 0 Å². The van der Waals surface area contributed by atoms with Gasteiger partial charge in [0.15, 0.2) is 0 Å². The highest BCUT2D eigenvalue weighted by Crippen LogP contribution is 2.31. The number of nitrogens with zero attached hydrogens (tertiary/aromatic N) is 4. The summed E-state index contributed by atoms with van der Waals surface area (Å²) in [4.78, 5) is 27.0. The summed E-state index contributed by atoms with van der Waals surface area (Å²) < 4.78 is 5.50. The molecule has 1 aliphatic heterocycles. The van der Waals surface area contributed by atoms with Crippen LogP contribution < -0.4 is 10.2 Å². The molecule has 1 saturated heterocycles. The van der Waals surface area contributed by atoms with Gasteiger partial charge in [0.05, 0.1) is 18.9 Å². The third-order valence-electron chi connectivity index (χ3n) is 6.49. The molecule has 4 rings (SSSR count). The Morgan fingerprint density at radius 2 is 1.78 bits per heavy atom. The zero-order valence-corrected chi connectivity index (χ0v) is 19.4. The molecule has 1 N–H and O–H groups in total. The standard InChI is InChI=1S/C25H35N5O2/c1-3-29(4-2)14-13-26-24(31)20-11-9-19(10-12-20)23-21-7-5-6-8-22(21)27-25(28-23)30-15-17-32-18-16-30/h9-12H,3-8,13-18H2,1-2H3,(H,26,31). The minimum Gasteiger partial charge on any atom is -0.378 e. The van der Waals surface area contributed by atoms with Crippen molar-refractivity contribution >= 4 is 11.9 Å². The Hall–Kier alpha value is -2.51. The number of rotatable bonds is 8. The summed E-state index contributed by atoms with van der Waals surface area (Å²) in [5.41, 5.74) is 5.21. The third kappa shape index (κ3) is 5.27. The molecule has 0 saturated carbocycles. The minimum absolute atomic E-state index is 0.0255. The second kappa shape index (κ2) is 10.9. The molecule has 0 atom stereocenters. The van der Waals surface area contributed by atoms with Crippen molar-refractivity contribution in [2.75, 3.05) is 57.4 Å². The van der Waals surface area contributed by atoms with Crippen molar-refractivity contribution in [1.82, 2.24) is 20.2 Å². The number of carbonyl (C=O) groups is 1. The number of aryl methyl sites for hydroxylation is 1. The lowest BCUT2D eigenvalue weighted by Crippen LogP contribution is -2.37. The van der Waals surface area contributed by atoms with Crippen LogP contribution in [0, 0.1) is 0 Å². The van der Waals surface area contributed by atoms with Gasteiger partial charge in [-0.3, -0.25) is 4.79 Å². The van der Waals surface area contributed by atoms with Gasteiger partial charge >= 0.3 is 0 Å². The zero-order valence-electron chi connectivity index (χ0n) is 19.4. The minimum atomic E-state index is -0.0255. The number of morpholine rings is 1. The first kappa shape index (κ1) is 22.7. The quantitative estimate of drug-likeness (QED) is 0.685. The van der Waals surface area contributed by atoms with Crippen molar-refractivity contribution in [3.8, 4) is 11.3 Å². The van der Waals surface area contributed by atoms with Gasteiger partial charge in [0.2, 0.25) is 5.95 Å². The van der Waals surface area contributed by atoms with E-state index in [1.54, 1.807) is 0 Å². The molecule has 1 aromatic heterocycles. The Morgan fingerprint density at radius 1 is 1.06 bits per heavy atom. The van der Waals surface area contributed by atoms with Crippen LogP contribution in [0.15, 0.2) is 24.3 Å². The summed E-state index contributed by atoms with van der Waals surface area (Å²) in [6, 6.07) is 7.88.